The molecular weight excluding hydrogens is 225 g/mol. The van der Waals surface area contributed by atoms with E-state index in [0.717, 1.165) is 21.3 Å². The molecule has 0 aliphatic heterocycles. The first kappa shape index (κ1) is 8.88. The number of hydrogen-bond acceptors (Lipinski definition) is 1. The van der Waals surface area contributed by atoms with Gasteiger partial charge < -0.3 is 5.73 Å². The lowest BCUT2D eigenvalue weighted by Gasteiger charge is -2.07. The van der Waals surface area contributed by atoms with Crippen LogP contribution >= 0.6 is 27.5 Å². The van der Waals surface area contributed by atoms with Crippen LogP contribution < -0.4 is 5.73 Å². The van der Waals surface area contributed by atoms with Gasteiger partial charge in [-0.15, -0.1) is 0 Å². The summed E-state index contributed by atoms with van der Waals surface area (Å²) in [6, 6.07) is 1.86. The van der Waals surface area contributed by atoms with Gasteiger partial charge in [-0.2, -0.15) is 0 Å². The Kier molecular flexibility index (Phi) is 2.45. The summed E-state index contributed by atoms with van der Waals surface area (Å²) in [7, 11) is 0. The van der Waals surface area contributed by atoms with Crippen molar-refractivity contribution in [2.24, 2.45) is 0 Å². The fourth-order valence-corrected chi connectivity index (χ4v) is 1.65. The predicted octanol–water partition coefficient (Wildman–Crippen LogP) is 3.30. The summed E-state index contributed by atoms with van der Waals surface area (Å²) in [6.07, 6.45) is 0. The van der Waals surface area contributed by atoms with Gasteiger partial charge in [-0.3, -0.25) is 0 Å². The standard InChI is InChI=1S/C8H9BrClN/c1-4-6(9)3-7(10)5(2)8(4)11/h3H,11H2,1-2H3. The molecule has 1 nitrogen and oxygen atoms in total. The number of hydrogen-bond donors (Lipinski definition) is 1. The van der Waals surface area contributed by atoms with E-state index in [4.69, 9.17) is 17.3 Å². The molecule has 0 aliphatic rings. The highest BCUT2D eigenvalue weighted by Crippen LogP contribution is 2.30. The molecular formula is C8H9BrClN. The number of rotatable bonds is 0. The van der Waals surface area contributed by atoms with Crippen LogP contribution in [-0.2, 0) is 0 Å². The van der Waals surface area contributed by atoms with Gasteiger partial charge in [0.05, 0.1) is 0 Å². The smallest absolute Gasteiger partial charge is 0.0467 e. The van der Waals surface area contributed by atoms with Crippen LogP contribution in [0.1, 0.15) is 11.1 Å². The molecule has 3 heteroatoms. The maximum Gasteiger partial charge on any atom is 0.0467 e. The monoisotopic (exact) mass is 233 g/mol. The molecule has 0 aromatic heterocycles. The SMILES string of the molecule is Cc1c(Cl)cc(Br)c(C)c1N. The van der Waals surface area contributed by atoms with E-state index in [9.17, 15) is 0 Å². The van der Waals surface area contributed by atoms with E-state index in [-0.39, 0.29) is 0 Å². The molecule has 1 aromatic carbocycles. The Bertz CT molecular complexity index is 270. The maximum absolute atomic E-state index is 5.88. The lowest BCUT2D eigenvalue weighted by molar-refractivity contribution is 1.36. The Morgan fingerprint density at radius 1 is 1.36 bits per heavy atom. The molecule has 0 amide bonds. The summed E-state index contributed by atoms with van der Waals surface area (Å²) in [5.41, 5.74) is 8.54. The van der Waals surface area contributed by atoms with Crippen molar-refractivity contribution in [3.8, 4) is 0 Å². The van der Waals surface area contributed by atoms with Crippen LogP contribution in [-0.4, -0.2) is 0 Å². The molecule has 0 fully saturated rings. The first-order valence-corrected chi connectivity index (χ1v) is 4.41. The van der Waals surface area contributed by atoms with Gasteiger partial charge in [0.1, 0.15) is 0 Å². The molecule has 0 saturated carbocycles. The minimum Gasteiger partial charge on any atom is -0.398 e. The number of benzene rings is 1. The van der Waals surface area contributed by atoms with Crippen molar-refractivity contribution in [1.29, 1.82) is 0 Å². The van der Waals surface area contributed by atoms with Gasteiger partial charge in [0, 0.05) is 15.2 Å². The highest BCUT2D eigenvalue weighted by atomic mass is 79.9. The third kappa shape index (κ3) is 1.52. The van der Waals surface area contributed by atoms with Crippen LogP contribution in [0.25, 0.3) is 0 Å². The average molecular weight is 235 g/mol. The molecule has 1 aromatic rings. The zero-order valence-electron chi connectivity index (χ0n) is 6.41. The molecule has 0 aliphatic carbocycles. The summed E-state index contributed by atoms with van der Waals surface area (Å²) in [6.45, 7) is 3.87. The summed E-state index contributed by atoms with van der Waals surface area (Å²) in [5.74, 6) is 0. The van der Waals surface area contributed by atoms with Gasteiger partial charge >= 0.3 is 0 Å². The average Bonchev–Trinajstić information content (AvgIpc) is 1.97. The fourth-order valence-electron chi connectivity index (χ4n) is 0.866. The Morgan fingerprint density at radius 2 is 1.91 bits per heavy atom. The number of nitrogen functional groups attached to an aromatic ring is 1. The number of anilines is 1. The van der Waals surface area contributed by atoms with E-state index in [0.29, 0.717) is 5.02 Å². The third-order valence-corrected chi connectivity index (χ3v) is 2.99. The van der Waals surface area contributed by atoms with Crippen molar-refractivity contribution in [3.05, 3.63) is 26.7 Å². The molecule has 11 heavy (non-hydrogen) atoms. The highest BCUT2D eigenvalue weighted by molar-refractivity contribution is 9.10. The van der Waals surface area contributed by atoms with Gasteiger partial charge in [0.2, 0.25) is 0 Å². The molecule has 0 atom stereocenters. The molecule has 0 bridgehead atoms. The van der Waals surface area contributed by atoms with Crippen LogP contribution in [0.15, 0.2) is 10.5 Å². The Morgan fingerprint density at radius 3 is 2.45 bits per heavy atom. The summed E-state index contributed by atoms with van der Waals surface area (Å²) in [4.78, 5) is 0. The molecule has 2 N–H and O–H groups in total. The third-order valence-electron chi connectivity index (χ3n) is 1.78. The van der Waals surface area contributed by atoms with E-state index in [1.165, 1.54) is 0 Å². The van der Waals surface area contributed by atoms with Crippen LogP contribution in [0.5, 0.6) is 0 Å². The van der Waals surface area contributed by atoms with Crippen molar-refractivity contribution < 1.29 is 0 Å². The largest absolute Gasteiger partial charge is 0.398 e. The molecule has 0 spiro atoms. The van der Waals surface area contributed by atoms with Gasteiger partial charge in [-0.1, -0.05) is 27.5 Å². The minimum atomic E-state index is 0.708. The van der Waals surface area contributed by atoms with Crippen LogP contribution in [0.4, 0.5) is 5.69 Å². The van der Waals surface area contributed by atoms with Crippen LogP contribution in [0.2, 0.25) is 5.02 Å². The van der Waals surface area contributed by atoms with Gasteiger partial charge in [-0.05, 0) is 31.0 Å². The zero-order valence-corrected chi connectivity index (χ0v) is 8.75. The Hall–Kier alpha value is -0.210. The maximum atomic E-state index is 5.88. The summed E-state index contributed by atoms with van der Waals surface area (Å²) in [5, 5.41) is 0.708. The lowest BCUT2D eigenvalue weighted by Crippen LogP contribution is -1.94. The second-order valence-corrected chi connectivity index (χ2v) is 3.77. The van der Waals surface area contributed by atoms with Crippen molar-refractivity contribution in [2.45, 2.75) is 13.8 Å². The van der Waals surface area contributed by atoms with Crippen LogP contribution in [0.3, 0.4) is 0 Å². The molecule has 60 valence electrons. The topological polar surface area (TPSA) is 26.0 Å². The first-order valence-electron chi connectivity index (χ1n) is 3.24. The Balaban J connectivity index is 3.46. The van der Waals surface area contributed by atoms with Gasteiger partial charge in [0.25, 0.3) is 0 Å². The van der Waals surface area contributed by atoms with E-state index in [2.05, 4.69) is 15.9 Å². The second kappa shape index (κ2) is 3.03. The van der Waals surface area contributed by atoms with E-state index < -0.39 is 0 Å². The van der Waals surface area contributed by atoms with Crippen molar-refractivity contribution >= 4 is 33.2 Å². The molecule has 1 rings (SSSR count). The van der Waals surface area contributed by atoms with Crippen LogP contribution in [0, 0.1) is 13.8 Å². The van der Waals surface area contributed by atoms with Crippen molar-refractivity contribution in [2.75, 3.05) is 5.73 Å². The molecule has 0 radical (unpaired) electrons. The molecule has 0 unspecified atom stereocenters. The lowest BCUT2D eigenvalue weighted by atomic mass is 10.1. The fraction of sp³-hybridized carbons (Fsp3) is 0.250. The second-order valence-electron chi connectivity index (χ2n) is 2.50. The van der Waals surface area contributed by atoms with Crippen molar-refractivity contribution in [3.63, 3.8) is 0 Å². The Labute approximate surface area is 79.7 Å². The minimum absolute atomic E-state index is 0.708. The van der Waals surface area contributed by atoms with E-state index in [1.807, 2.05) is 19.9 Å². The highest BCUT2D eigenvalue weighted by Gasteiger charge is 2.05. The zero-order chi connectivity index (χ0) is 8.59. The summed E-state index contributed by atoms with van der Waals surface area (Å²) < 4.78 is 0.964. The van der Waals surface area contributed by atoms with Gasteiger partial charge in [0.15, 0.2) is 0 Å². The van der Waals surface area contributed by atoms with E-state index >= 15 is 0 Å². The molecule has 0 heterocycles. The van der Waals surface area contributed by atoms with Crippen molar-refractivity contribution in [1.82, 2.24) is 0 Å². The number of nitrogens with two attached hydrogens (primary N) is 1. The van der Waals surface area contributed by atoms with E-state index in [1.54, 1.807) is 0 Å². The quantitative estimate of drug-likeness (QED) is 0.685. The first-order chi connectivity index (χ1) is 5.04. The predicted molar refractivity (Wildman–Crippen MR) is 53.0 cm³/mol. The molecule has 0 saturated heterocycles. The summed E-state index contributed by atoms with van der Waals surface area (Å²) >= 11 is 9.25. The number of halogens is 2. The van der Waals surface area contributed by atoms with Gasteiger partial charge in [-0.25, -0.2) is 0 Å². The normalized spacial score (nSPS) is 10.2.